The van der Waals surface area contributed by atoms with E-state index >= 15 is 0 Å². The molecule has 5 heteroatoms. The van der Waals surface area contributed by atoms with Crippen molar-refractivity contribution in [1.82, 2.24) is 4.90 Å². The van der Waals surface area contributed by atoms with Crippen LogP contribution < -0.4 is 5.32 Å². The SMILES string of the molecule is CC(=O)c1cccc(NC(=O)N2CC(O)(C(C)C)C2)c1. The van der Waals surface area contributed by atoms with E-state index in [4.69, 9.17) is 0 Å². The van der Waals surface area contributed by atoms with Gasteiger partial charge in [-0.15, -0.1) is 0 Å². The van der Waals surface area contributed by atoms with Gasteiger partial charge in [0.2, 0.25) is 0 Å². The van der Waals surface area contributed by atoms with Gasteiger partial charge < -0.3 is 15.3 Å². The summed E-state index contributed by atoms with van der Waals surface area (Å²) < 4.78 is 0. The molecule has 1 fully saturated rings. The van der Waals surface area contributed by atoms with Gasteiger partial charge >= 0.3 is 6.03 Å². The standard InChI is InChI=1S/C15H20N2O3/c1-10(2)15(20)8-17(9-15)14(19)16-13-6-4-5-12(7-13)11(3)18/h4-7,10,20H,8-9H2,1-3H3,(H,16,19). The molecule has 20 heavy (non-hydrogen) atoms. The lowest BCUT2D eigenvalue weighted by molar-refractivity contribution is -0.105. The van der Waals surface area contributed by atoms with Crippen molar-refractivity contribution in [3.63, 3.8) is 0 Å². The van der Waals surface area contributed by atoms with Crippen molar-refractivity contribution < 1.29 is 14.7 Å². The normalized spacial score (nSPS) is 16.8. The van der Waals surface area contributed by atoms with Crippen LogP contribution in [0, 0.1) is 5.92 Å². The van der Waals surface area contributed by atoms with E-state index < -0.39 is 5.60 Å². The summed E-state index contributed by atoms with van der Waals surface area (Å²) in [6.45, 7) is 6.03. The summed E-state index contributed by atoms with van der Waals surface area (Å²) in [6, 6.07) is 6.57. The van der Waals surface area contributed by atoms with Gasteiger partial charge in [-0.25, -0.2) is 4.79 Å². The van der Waals surface area contributed by atoms with Gasteiger partial charge in [-0.05, 0) is 25.0 Å². The van der Waals surface area contributed by atoms with Crippen LogP contribution in [0.3, 0.4) is 0 Å². The van der Waals surface area contributed by atoms with E-state index in [0.717, 1.165) is 0 Å². The summed E-state index contributed by atoms with van der Waals surface area (Å²) in [7, 11) is 0. The smallest absolute Gasteiger partial charge is 0.322 e. The number of carbonyl (C=O) groups is 2. The molecule has 1 heterocycles. The number of carbonyl (C=O) groups excluding carboxylic acids is 2. The van der Waals surface area contributed by atoms with Crippen LogP contribution in [-0.2, 0) is 0 Å². The Morgan fingerprint density at radius 2 is 2.00 bits per heavy atom. The number of likely N-dealkylation sites (tertiary alicyclic amines) is 1. The zero-order valence-electron chi connectivity index (χ0n) is 12.0. The number of ketones is 1. The molecular formula is C15H20N2O3. The number of hydrogen-bond acceptors (Lipinski definition) is 3. The highest BCUT2D eigenvalue weighted by Gasteiger charge is 2.45. The van der Waals surface area contributed by atoms with Crippen molar-refractivity contribution in [3.8, 4) is 0 Å². The van der Waals surface area contributed by atoms with Gasteiger partial charge in [-0.2, -0.15) is 0 Å². The van der Waals surface area contributed by atoms with E-state index in [0.29, 0.717) is 24.3 Å². The Labute approximate surface area is 118 Å². The van der Waals surface area contributed by atoms with E-state index in [1.807, 2.05) is 13.8 Å². The summed E-state index contributed by atoms with van der Waals surface area (Å²) >= 11 is 0. The molecule has 5 nitrogen and oxygen atoms in total. The number of amides is 2. The zero-order valence-corrected chi connectivity index (χ0v) is 12.0. The van der Waals surface area contributed by atoms with E-state index in [1.165, 1.54) is 6.92 Å². The Balaban J connectivity index is 1.97. The van der Waals surface area contributed by atoms with Gasteiger partial charge in [0.05, 0.1) is 13.1 Å². The number of urea groups is 1. The highest BCUT2D eigenvalue weighted by atomic mass is 16.3. The molecule has 1 aliphatic heterocycles. The number of nitrogens with zero attached hydrogens (tertiary/aromatic N) is 1. The van der Waals surface area contributed by atoms with Crippen LogP contribution in [0.2, 0.25) is 0 Å². The third-order valence-electron chi connectivity index (χ3n) is 3.81. The number of nitrogens with one attached hydrogen (secondary N) is 1. The van der Waals surface area contributed by atoms with Crippen LogP contribution in [0.1, 0.15) is 31.1 Å². The summed E-state index contributed by atoms with van der Waals surface area (Å²) in [6.07, 6.45) is 0. The minimum absolute atomic E-state index is 0.0424. The lowest BCUT2D eigenvalue weighted by Gasteiger charge is -2.48. The third kappa shape index (κ3) is 2.82. The predicted molar refractivity (Wildman–Crippen MR) is 76.8 cm³/mol. The van der Waals surface area contributed by atoms with Gasteiger partial charge in [-0.3, -0.25) is 4.79 Å². The molecule has 0 bridgehead atoms. The van der Waals surface area contributed by atoms with Gasteiger partial charge in [0.25, 0.3) is 0 Å². The molecule has 1 aromatic rings. The van der Waals surface area contributed by atoms with Gasteiger partial charge in [-0.1, -0.05) is 26.0 Å². The van der Waals surface area contributed by atoms with Crippen LogP contribution in [-0.4, -0.2) is 40.5 Å². The molecule has 0 saturated carbocycles. The largest absolute Gasteiger partial charge is 0.386 e. The monoisotopic (exact) mass is 276 g/mol. The molecule has 0 aromatic heterocycles. The maximum absolute atomic E-state index is 12.0. The fraction of sp³-hybridized carbons (Fsp3) is 0.467. The molecule has 1 aromatic carbocycles. The number of benzene rings is 1. The maximum Gasteiger partial charge on any atom is 0.322 e. The number of aliphatic hydroxyl groups is 1. The summed E-state index contributed by atoms with van der Waals surface area (Å²) in [5.74, 6) is 0.0758. The molecule has 0 atom stereocenters. The van der Waals surface area contributed by atoms with Crippen molar-refractivity contribution in [2.24, 2.45) is 5.92 Å². The molecule has 2 rings (SSSR count). The Kier molecular flexibility index (Phi) is 3.81. The summed E-state index contributed by atoms with van der Waals surface area (Å²) in [4.78, 5) is 24.8. The molecule has 1 saturated heterocycles. The molecule has 0 unspecified atom stereocenters. The topological polar surface area (TPSA) is 69.6 Å². The molecular weight excluding hydrogens is 256 g/mol. The molecule has 0 spiro atoms. The van der Waals surface area contributed by atoms with E-state index in [9.17, 15) is 14.7 Å². The molecule has 108 valence electrons. The maximum atomic E-state index is 12.0. The highest BCUT2D eigenvalue weighted by molar-refractivity contribution is 5.96. The van der Waals surface area contributed by atoms with Gasteiger partial charge in [0.15, 0.2) is 5.78 Å². The third-order valence-corrected chi connectivity index (χ3v) is 3.81. The van der Waals surface area contributed by atoms with Crippen LogP contribution in [0.4, 0.5) is 10.5 Å². The van der Waals surface area contributed by atoms with Gasteiger partial charge in [0.1, 0.15) is 5.60 Å². The Morgan fingerprint density at radius 3 is 2.55 bits per heavy atom. The molecule has 2 N–H and O–H groups in total. The highest BCUT2D eigenvalue weighted by Crippen LogP contribution is 2.29. The fourth-order valence-corrected chi connectivity index (χ4v) is 2.14. The van der Waals surface area contributed by atoms with E-state index in [1.54, 1.807) is 29.2 Å². The second kappa shape index (κ2) is 5.25. The zero-order chi connectivity index (χ0) is 14.9. The number of anilines is 1. The van der Waals surface area contributed by atoms with Crippen molar-refractivity contribution in [2.75, 3.05) is 18.4 Å². The summed E-state index contributed by atoms with van der Waals surface area (Å²) in [5.41, 5.74) is 0.367. The lowest BCUT2D eigenvalue weighted by Crippen LogP contribution is -2.66. The number of Topliss-reactive ketones (excluding diaryl/α,β-unsaturated/α-hetero) is 1. The van der Waals surface area contributed by atoms with Crippen molar-refractivity contribution in [1.29, 1.82) is 0 Å². The van der Waals surface area contributed by atoms with E-state index in [-0.39, 0.29) is 17.7 Å². The van der Waals surface area contributed by atoms with Crippen molar-refractivity contribution in [3.05, 3.63) is 29.8 Å². The first-order valence-corrected chi connectivity index (χ1v) is 6.71. The minimum atomic E-state index is -0.779. The molecule has 1 aliphatic rings. The Hall–Kier alpha value is -1.88. The Bertz CT molecular complexity index is 534. The van der Waals surface area contributed by atoms with Crippen LogP contribution >= 0.6 is 0 Å². The lowest BCUT2D eigenvalue weighted by atomic mass is 9.83. The first-order chi connectivity index (χ1) is 9.32. The average molecular weight is 276 g/mol. The first kappa shape index (κ1) is 14.5. The molecule has 0 aliphatic carbocycles. The number of β-amino-alcohol motifs (C(OH)–C–C–N with tert-alkyl or cyclic N) is 1. The minimum Gasteiger partial charge on any atom is -0.386 e. The van der Waals surface area contributed by atoms with Crippen molar-refractivity contribution in [2.45, 2.75) is 26.4 Å². The number of rotatable bonds is 3. The molecule has 2 amide bonds. The summed E-state index contributed by atoms with van der Waals surface area (Å²) in [5, 5.41) is 12.9. The van der Waals surface area contributed by atoms with E-state index in [2.05, 4.69) is 5.32 Å². The van der Waals surface area contributed by atoms with Crippen LogP contribution in [0.5, 0.6) is 0 Å². The van der Waals surface area contributed by atoms with Crippen LogP contribution in [0.25, 0.3) is 0 Å². The Morgan fingerprint density at radius 1 is 1.35 bits per heavy atom. The second-order valence-electron chi connectivity index (χ2n) is 5.68. The average Bonchev–Trinajstić information content (AvgIpc) is 2.34. The first-order valence-electron chi connectivity index (χ1n) is 6.71. The van der Waals surface area contributed by atoms with Crippen LogP contribution in [0.15, 0.2) is 24.3 Å². The van der Waals surface area contributed by atoms with Gasteiger partial charge in [0, 0.05) is 11.3 Å². The van der Waals surface area contributed by atoms with Crippen molar-refractivity contribution >= 4 is 17.5 Å². The second-order valence-corrected chi connectivity index (χ2v) is 5.68. The number of hydrogen-bond donors (Lipinski definition) is 2. The fourth-order valence-electron chi connectivity index (χ4n) is 2.14. The predicted octanol–water partition coefficient (Wildman–Crippen LogP) is 2.12. The quantitative estimate of drug-likeness (QED) is 0.831. The molecule has 0 radical (unpaired) electrons.